The standard InChI is InChI=1S/C29H50N2O2/c1-26-16-14-24-23(13-12-22-11-5-6-15-27(22,24)2)25(26)29(32,33)28(21-26,30-17-7-3-8-18-30)31-19-9-4-10-20-31/h22-25,32-33H,3-21H2,1-2H3/t22-,23-,24+,25+,26-,27+/m1/s1. The third-order valence-corrected chi connectivity index (χ3v) is 12.3. The Morgan fingerprint density at radius 3 is 1.94 bits per heavy atom. The summed E-state index contributed by atoms with van der Waals surface area (Å²) in [4.78, 5) is 5.16. The molecular weight excluding hydrogens is 408 g/mol. The maximum Gasteiger partial charge on any atom is 0.199 e. The highest BCUT2D eigenvalue weighted by atomic mass is 16.5. The van der Waals surface area contributed by atoms with Gasteiger partial charge in [0.05, 0.1) is 0 Å². The lowest BCUT2D eigenvalue weighted by Gasteiger charge is -2.61. The summed E-state index contributed by atoms with van der Waals surface area (Å²) in [7, 11) is 0. The monoisotopic (exact) mass is 458 g/mol. The molecular formula is C29H50N2O2. The minimum Gasteiger partial charge on any atom is -0.363 e. The molecule has 2 aliphatic heterocycles. The first-order valence-electron chi connectivity index (χ1n) is 14.8. The second kappa shape index (κ2) is 8.18. The summed E-state index contributed by atoms with van der Waals surface area (Å²) in [5, 5.41) is 25.1. The Hall–Kier alpha value is -0.160. The van der Waals surface area contributed by atoms with Crippen molar-refractivity contribution in [1.29, 1.82) is 0 Å². The van der Waals surface area contributed by atoms with Gasteiger partial charge in [-0.3, -0.25) is 9.80 Å². The number of likely N-dealkylation sites (tertiary alicyclic amines) is 2. The van der Waals surface area contributed by atoms with Crippen molar-refractivity contribution < 1.29 is 10.2 Å². The molecule has 0 amide bonds. The van der Waals surface area contributed by atoms with Crippen LogP contribution < -0.4 is 0 Å². The smallest absolute Gasteiger partial charge is 0.199 e. The van der Waals surface area contributed by atoms with E-state index in [-0.39, 0.29) is 11.3 Å². The Kier molecular flexibility index (Phi) is 5.76. The first kappa shape index (κ1) is 23.3. The Morgan fingerprint density at radius 1 is 0.667 bits per heavy atom. The fourth-order valence-electron chi connectivity index (χ4n) is 10.9. The Balaban J connectivity index is 1.41. The van der Waals surface area contributed by atoms with Gasteiger partial charge in [-0.15, -0.1) is 0 Å². The third-order valence-electron chi connectivity index (χ3n) is 12.3. The van der Waals surface area contributed by atoms with Crippen molar-refractivity contribution in [2.45, 2.75) is 122 Å². The van der Waals surface area contributed by atoms with E-state index in [1.807, 2.05) is 0 Å². The lowest BCUT2D eigenvalue weighted by Crippen LogP contribution is -2.73. The van der Waals surface area contributed by atoms with Crippen LogP contribution in [0.5, 0.6) is 0 Å². The summed E-state index contributed by atoms with van der Waals surface area (Å²) in [5.74, 6) is 0.449. The first-order valence-corrected chi connectivity index (χ1v) is 14.8. The van der Waals surface area contributed by atoms with Crippen molar-refractivity contribution in [1.82, 2.24) is 9.80 Å². The van der Waals surface area contributed by atoms with Crippen molar-refractivity contribution in [3.63, 3.8) is 0 Å². The number of fused-ring (bicyclic) bond motifs is 5. The average Bonchev–Trinajstić information content (AvgIpc) is 3.03. The largest absolute Gasteiger partial charge is 0.363 e. The van der Waals surface area contributed by atoms with Gasteiger partial charge in [0.1, 0.15) is 5.66 Å². The van der Waals surface area contributed by atoms with Gasteiger partial charge in [-0.05, 0) is 99.2 Å². The van der Waals surface area contributed by atoms with Crippen LogP contribution in [0.4, 0.5) is 0 Å². The summed E-state index contributed by atoms with van der Waals surface area (Å²) in [6.07, 6.45) is 19.0. The van der Waals surface area contributed by atoms with E-state index < -0.39 is 11.4 Å². The van der Waals surface area contributed by atoms with Crippen molar-refractivity contribution >= 4 is 0 Å². The van der Waals surface area contributed by atoms with Gasteiger partial charge in [0.2, 0.25) is 0 Å². The Morgan fingerprint density at radius 2 is 1.30 bits per heavy atom. The van der Waals surface area contributed by atoms with Gasteiger partial charge in [0.15, 0.2) is 5.79 Å². The Bertz CT molecular complexity index is 709. The van der Waals surface area contributed by atoms with Gasteiger partial charge in [-0.25, -0.2) is 0 Å². The predicted molar refractivity (Wildman–Crippen MR) is 132 cm³/mol. The summed E-state index contributed by atoms with van der Waals surface area (Å²) in [6, 6.07) is 0. The van der Waals surface area contributed by atoms with Crippen LogP contribution in [0.2, 0.25) is 0 Å². The third kappa shape index (κ3) is 3.22. The molecule has 6 aliphatic rings. The van der Waals surface area contributed by atoms with Crippen molar-refractivity contribution in [2.24, 2.45) is 34.5 Å². The number of nitrogens with zero attached hydrogens (tertiary/aromatic N) is 2. The molecule has 188 valence electrons. The lowest BCUT2D eigenvalue weighted by molar-refractivity contribution is -0.319. The van der Waals surface area contributed by atoms with E-state index in [2.05, 4.69) is 23.6 Å². The molecule has 4 aliphatic carbocycles. The second-order valence-electron chi connectivity index (χ2n) is 13.8. The predicted octanol–water partition coefficient (Wildman–Crippen LogP) is 5.38. The van der Waals surface area contributed by atoms with Gasteiger partial charge >= 0.3 is 0 Å². The summed E-state index contributed by atoms with van der Waals surface area (Å²) in [5.41, 5.74) is -0.107. The first-order chi connectivity index (χ1) is 15.8. The van der Waals surface area contributed by atoms with Crippen LogP contribution in [-0.4, -0.2) is 57.6 Å². The zero-order valence-electron chi connectivity index (χ0n) is 21.5. The fraction of sp³-hybridized carbons (Fsp3) is 1.00. The van der Waals surface area contributed by atoms with Crippen LogP contribution in [0.3, 0.4) is 0 Å². The molecule has 4 nitrogen and oxygen atoms in total. The van der Waals surface area contributed by atoms with Gasteiger partial charge in [-0.2, -0.15) is 0 Å². The molecule has 4 heteroatoms. The average molecular weight is 459 g/mol. The van der Waals surface area contributed by atoms with Gasteiger partial charge in [-0.1, -0.05) is 39.5 Å². The van der Waals surface area contributed by atoms with E-state index in [1.165, 1.54) is 89.9 Å². The molecule has 0 spiro atoms. The van der Waals surface area contributed by atoms with Crippen molar-refractivity contribution in [2.75, 3.05) is 26.2 Å². The molecule has 2 heterocycles. The molecule has 33 heavy (non-hydrogen) atoms. The molecule has 6 fully saturated rings. The second-order valence-corrected chi connectivity index (χ2v) is 13.8. The van der Waals surface area contributed by atoms with E-state index in [9.17, 15) is 10.2 Å². The Labute approximate surface area is 202 Å². The molecule has 0 unspecified atom stereocenters. The van der Waals surface area contributed by atoms with Crippen molar-refractivity contribution in [3.8, 4) is 0 Å². The van der Waals surface area contributed by atoms with Gasteiger partial charge < -0.3 is 10.2 Å². The minimum absolute atomic E-state index is 0.0207. The molecule has 0 aromatic rings. The van der Waals surface area contributed by atoms with E-state index >= 15 is 0 Å². The summed E-state index contributed by atoms with van der Waals surface area (Å²) in [6.45, 7) is 9.21. The zero-order valence-corrected chi connectivity index (χ0v) is 21.5. The molecule has 0 radical (unpaired) electrons. The van der Waals surface area contributed by atoms with E-state index in [0.717, 1.165) is 38.5 Å². The highest BCUT2D eigenvalue weighted by Crippen LogP contribution is 2.70. The molecule has 6 rings (SSSR count). The normalized spacial score (nSPS) is 48.0. The molecule has 2 saturated heterocycles. The van der Waals surface area contributed by atoms with Crippen molar-refractivity contribution in [3.05, 3.63) is 0 Å². The summed E-state index contributed by atoms with van der Waals surface area (Å²) < 4.78 is 0. The maximum atomic E-state index is 12.6. The maximum absolute atomic E-state index is 12.6. The molecule has 4 saturated carbocycles. The number of hydrogen-bond acceptors (Lipinski definition) is 4. The van der Waals surface area contributed by atoms with Crippen LogP contribution in [0.1, 0.15) is 110 Å². The molecule has 0 bridgehead atoms. The topological polar surface area (TPSA) is 46.9 Å². The fourth-order valence-corrected chi connectivity index (χ4v) is 10.9. The van der Waals surface area contributed by atoms with Crippen LogP contribution in [0, 0.1) is 34.5 Å². The van der Waals surface area contributed by atoms with Crippen LogP contribution in [0.15, 0.2) is 0 Å². The highest BCUT2D eigenvalue weighted by Gasteiger charge is 2.75. The van der Waals surface area contributed by atoms with E-state index in [0.29, 0.717) is 17.3 Å². The molecule has 0 aromatic heterocycles. The quantitative estimate of drug-likeness (QED) is 0.546. The molecule has 2 N–H and O–H groups in total. The lowest BCUT2D eigenvalue weighted by atomic mass is 9.45. The zero-order chi connectivity index (χ0) is 22.9. The number of piperidine rings is 2. The molecule has 0 aromatic carbocycles. The van der Waals surface area contributed by atoms with E-state index in [4.69, 9.17) is 0 Å². The van der Waals surface area contributed by atoms with E-state index in [1.54, 1.807) is 0 Å². The summed E-state index contributed by atoms with van der Waals surface area (Å²) >= 11 is 0. The van der Waals surface area contributed by atoms with Gasteiger partial charge in [0, 0.05) is 32.1 Å². The van der Waals surface area contributed by atoms with Crippen LogP contribution >= 0.6 is 0 Å². The minimum atomic E-state index is -1.61. The SMILES string of the molecule is C[C@]12CC[C@H]3[C@@H](CC[C@H]4CCCC[C@@]43C)[C@@H]1C(O)(O)C(N1CCCCC1)(N1CCCCC1)C2. The number of rotatable bonds is 2. The molecule has 6 atom stereocenters. The highest BCUT2D eigenvalue weighted by molar-refractivity contribution is 5.21. The van der Waals surface area contributed by atoms with Crippen LogP contribution in [0.25, 0.3) is 0 Å². The number of hydrogen-bond donors (Lipinski definition) is 2. The number of aliphatic hydroxyl groups is 2. The van der Waals surface area contributed by atoms with Crippen LogP contribution in [-0.2, 0) is 0 Å². The van der Waals surface area contributed by atoms with Gasteiger partial charge in [0.25, 0.3) is 0 Å².